The Morgan fingerprint density at radius 2 is 1.54 bits per heavy atom. The number of aryl methyl sites for hydroxylation is 2. The maximum atomic E-state index is 15.0. The van der Waals surface area contributed by atoms with E-state index in [-0.39, 0.29) is 18.3 Å². The molecular weight excluding hydrogens is 724 g/mol. The standard InChI is InChI=1S/C44H40F4N4O4/c1-30-23-35(24-31(2)43(30)56-41-15-14-39(27-50-41)55-29-34-5-3-33(26-49)4-6-34)8-16-42(53)52-20-18-51(19-21-52)28-36-9-7-32(25-40(36)45)17-22-54-38-12-10-37(11-13-38)44(46,47)48/h3-16,23-25,27H,17-22,28-29H2,1-2H3. The van der Waals surface area contributed by atoms with Crippen molar-refractivity contribution in [3.05, 3.63) is 154 Å². The van der Waals surface area contributed by atoms with Crippen molar-refractivity contribution in [1.82, 2.24) is 14.8 Å². The van der Waals surface area contributed by atoms with E-state index in [1.807, 2.05) is 44.2 Å². The number of carbonyl (C=O) groups is 1. The van der Waals surface area contributed by atoms with Gasteiger partial charge in [0.1, 0.15) is 29.7 Å². The minimum absolute atomic E-state index is 0.0972. The normalized spacial score (nSPS) is 13.4. The summed E-state index contributed by atoms with van der Waals surface area (Å²) in [5, 5.41) is 8.96. The van der Waals surface area contributed by atoms with Crippen molar-refractivity contribution in [1.29, 1.82) is 5.26 Å². The zero-order valence-electron chi connectivity index (χ0n) is 31.0. The molecule has 6 rings (SSSR count). The maximum Gasteiger partial charge on any atom is 0.416 e. The van der Waals surface area contributed by atoms with E-state index >= 15 is 4.39 Å². The molecule has 8 nitrogen and oxygen atoms in total. The number of benzene rings is 4. The summed E-state index contributed by atoms with van der Waals surface area (Å²) in [6, 6.07) is 26.2. The quantitative estimate of drug-likeness (QED) is 0.0874. The lowest BCUT2D eigenvalue weighted by atomic mass is 10.1. The van der Waals surface area contributed by atoms with Crippen molar-refractivity contribution in [2.45, 2.75) is 39.6 Å². The highest BCUT2D eigenvalue weighted by Gasteiger charge is 2.30. The zero-order chi connectivity index (χ0) is 39.7. The van der Waals surface area contributed by atoms with Crippen molar-refractivity contribution >= 4 is 12.0 Å². The van der Waals surface area contributed by atoms with Gasteiger partial charge in [0.2, 0.25) is 11.8 Å². The van der Waals surface area contributed by atoms with E-state index in [0.29, 0.717) is 80.0 Å². The fourth-order valence-corrected chi connectivity index (χ4v) is 6.24. The van der Waals surface area contributed by atoms with Crippen LogP contribution >= 0.6 is 0 Å². The lowest BCUT2D eigenvalue weighted by molar-refractivity contribution is -0.137. The minimum atomic E-state index is -4.41. The van der Waals surface area contributed by atoms with Crippen LogP contribution in [0.4, 0.5) is 17.6 Å². The molecule has 2 heterocycles. The Bertz CT molecular complexity index is 2170. The number of piperazine rings is 1. The highest BCUT2D eigenvalue weighted by Crippen LogP contribution is 2.31. The highest BCUT2D eigenvalue weighted by atomic mass is 19.4. The van der Waals surface area contributed by atoms with Crippen LogP contribution in [0.25, 0.3) is 6.08 Å². The molecule has 1 aliphatic heterocycles. The molecule has 0 unspecified atom stereocenters. The van der Waals surface area contributed by atoms with E-state index < -0.39 is 11.7 Å². The fourth-order valence-electron chi connectivity index (χ4n) is 6.24. The third kappa shape index (κ3) is 10.7. The molecule has 5 aromatic rings. The zero-order valence-corrected chi connectivity index (χ0v) is 31.0. The predicted molar refractivity (Wildman–Crippen MR) is 204 cm³/mol. The summed E-state index contributed by atoms with van der Waals surface area (Å²) in [5.41, 5.74) is 4.70. The Labute approximate surface area is 323 Å². The van der Waals surface area contributed by atoms with Gasteiger partial charge in [-0.15, -0.1) is 0 Å². The number of alkyl halides is 3. The third-order valence-corrected chi connectivity index (χ3v) is 9.34. The van der Waals surface area contributed by atoms with Crippen molar-refractivity contribution < 1.29 is 36.6 Å². The second-order valence-corrected chi connectivity index (χ2v) is 13.5. The largest absolute Gasteiger partial charge is 0.493 e. The minimum Gasteiger partial charge on any atom is -0.493 e. The Kier molecular flexibility index (Phi) is 12.7. The van der Waals surface area contributed by atoms with Crippen LogP contribution < -0.4 is 14.2 Å². The first kappa shape index (κ1) is 39.5. The molecule has 1 saturated heterocycles. The molecule has 0 aliphatic carbocycles. The van der Waals surface area contributed by atoms with Crippen LogP contribution in [0.2, 0.25) is 0 Å². The molecule has 1 aliphatic rings. The first-order valence-corrected chi connectivity index (χ1v) is 18.1. The monoisotopic (exact) mass is 764 g/mol. The average molecular weight is 765 g/mol. The molecule has 0 saturated carbocycles. The maximum absolute atomic E-state index is 15.0. The number of hydrogen-bond acceptors (Lipinski definition) is 7. The third-order valence-electron chi connectivity index (χ3n) is 9.34. The number of ether oxygens (including phenoxy) is 3. The summed E-state index contributed by atoms with van der Waals surface area (Å²) in [7, 11) is 0. The van der Waals surface area contributed by atoms with Gasteiger partial charge >= 0.3 is 6.18 Å². The number of nitriles is 1. The molecule has 12 heteroatoms. The van der Waals surface area contributed by atoms with E-state index in [2.05, 4.69) is 16.0 Å². The summed E-state index contributed by atoms with van der Waals surface area (Å²) >= 11 is 0. The molecule has 1 fully saturated rings. The molecule has 288 valence electrons. The van der Waals surface area contributed by atoms with Crippen molar-refractivity contribution in [2.24, 2.45) is 0 Å². The van der Waals surface area contributed by atoms with E-state index in [4.69, 9.17) is 19.5 Å². The smallest absolute Gasteiger partial charge is 0.416 e. The van der Waals surface area contributed by atoms with Crippen LogP contribution in [0.3, 0.4) is 0 Å². The van der Waals surface area contributed by atoms with Gasteiger partial charge in [0.25, 0.3) is 0 Å². The van der Waals surface area contributed by atoms with E-state index in [1.54, 1.807) is 53.6 Å². The summed E-state index contributed by atoms with van der Waals surface area (Å²) in [6.45, 7) is 7.06. The molecule has 0 radical (unpaired) electrons. The number of nitrogens with zero attached hydrogens (tertiary/aromatic N) is 4. The van der Waals surface area contributed by atoms with Crippen molar-refractivity contribution in [2.75, 3.05) is 32.8 Å². The Morgan fingerprint density at radius 1 is 0.857 bits per heavy atom. The number of carbonyl (C=O) groups excluding carboxylic acids is 1. The summed E-state index contributed by atoms with van der Waals surface area (Å²) in [5.74, 6) is 1.57. The number of halogens is 4. The Hall–Kier alpha value is -6.19. The van der Waals surface area contributed by atoms with Crippen LogP contribution in [0, 0.1) is 31.0 Å². The molecule has 0 N–H and O–H groups in total. The summed E-state index contributed by atoms with van der Waals surface area (Å²) in [4.78, 5) is 21.3. The first-order valence-electron chi connectivity index (χ1n) is 18.1. The number of aromatic nitrogens is 1. The second kappa shape index (κ2) is 18.0. The van der Waals surface area contributed by atoms with Gasteiger partial charge in [-0.2, -0.15) is 18.4 Å². The lowest BCUT2D eigenvalue weighted by Crippen LogP contribution is -2.47. The van der Waals surface area contributed by atoms with Gasteiger partial charge in [0.05, 0.1) is 30.0 Å². The molecule has 4 aromatic carbocycles. The van der Waals surface area contributed by atoms with Crippen LogP contribution in [-0.2, 0) is 30.5 Å². The Morgan fingerprint density at radius 3 is 2.16 bits per heavy atom. The van der Waals surface area contributed by atoms with Crippen LogP contribution in [0.5, 0.6) is 23.1 Å². The van der Waals surface area contributed by atoms with Crippen molar-refractivity contribution in [3.63, 3.8) is 0 Å². The van der Waals surface area contributed by atoms with Gasteiger partial charge < -0.3 is 19.1 Å². The fraction of sp³-hybridized carbons (Fsp3) is 0.250. The van der Waals surface area contributed by atoms with Crippen LogP contribution in [0.15, 0.2) is 103 Å². The molecule has 1 aromatic heterocycles. The number of hydrogen-bond donors (Lipinski definition) is 0. The first-order chi connectivity index (χ1) is 26.9. The summed E-state index contributed by atoms with van der Waals surface area (Å²) in [6.07, 6.45) is 0.955. The van der Waals surface area contributed by atoms with Gasteiger partial charge in [-0.05, 0) is 108 Å². The predicted octanol–water partition coefficient (Wildman–Crippen LogP) is 9.08. The summed E-state index contributed by atoms with van der Waals surface area (Å²) < 4.78 is 70.8. The van der Waals surface area contributed by atoms with Gasteiger partial charge in [-0.1, -0.05) is 24.3 Å². The molecule has 1 amide bonds. The topological polar surface area (TPSA) is 87.9 Å². The van der Waals surface area contributed by atoms with E-state index in [0.717, 1.165) is 39.9 Å². The number of amides is 1. The van der Waals surface area contributed by atoms with Gasteiger partial charge in [-0.25, -0.2) is 9.37 Å². The number of pyridine rings is 1. The highest BCUT2D eigenvalue weighted by molar-refractivity contribution is 5.92. The SMILES string of the molecule is Cc1cc(C=CC(=O)N2CCN(Cc3ccc(CCOc4ccc(C(F)(F)F)cc4)cc3F)CC2)cc(C)c1Oc1ccc(OCc2ccc(C#N)cc2)cn1. The van der Waals surface area contributed by atoms with Gasteiger partial charge in [0.15, 0.2) is 0 Å². The molecule has 0 bridgehead atoms. The average Bonchev–Trinajstić information content (AvgIpc) is 3.19. The van der Waals surface area contributed by atoms with Gasteiger partial charge in [0, 0.05) is 56.9 Å². The van der Waals surface area contributed by atoms with Crippen molar-refractivity contribution in [3.8, 4) is 29.2 Å². The van der Waals surface area contributed by atoms with Gasteiger partial charge in [-0.3, -0.25) is 9.69 Å². The second-order valence-electron chi connectivity index (χ2n) is 13.5. The molecule has 56 heavy (non-hydrogen) atoms. The Balaban J connectivity index is 0.934. The molecular formula is C44H40F4N4O4. The van der Waals surface area contributed by atoms with E-state index in [9.17, 15) is 18.0 Å². The van der Waals surface area contributed by atoms with E-state index in [1.165, 1.54) is 18.2 Å². The van der Waals surface area contributed by atoms with Crippen LogP contribution in [-0.4, -0.2) is 53.5 Å². The lowest BCUT2D eigenvalue weighted by Gasteiger charge is -2.34. The molecule has 0 spiro atoms. The number of rotatable bonds is 13. The van der Waals surface area contributed by atoms with Crippen LogP contribution in [0.1, 0.15) is 44.5 Å². The molecule has 0 atom stereocenters.